The molecule has 0 bridgehead atoms. The molecule has 0 amide bonds. The van der Waals surface area contributed by atoms with E-state index >= 15 is 0 Å². The van der Waals surface area contributed by atoms with E-state index in [1.165, 1.54) is 17.3 Å². The Morgan fingerprint density at radius 3 is 2.62 bits per heavy atom. The van der Waals surface area contributed by atoms with Crippen LogP contribution in [0.5, 0.6) is 0 Å². The lowest BCUT2D eigenvalue weighted by molar-refractivity contribution is 0.492. The second-order valence-corrected chi connectivity index (χ2v) is 5.62. The molecule has 2 aromatic rings. The molecule has 114 valence electrons. The minimum Gasteiger partial charge on any atom is -0.308 e. The van der Waals surface area contributed by atoms with E-state index in [1.807, 2.05) is 31.6 Å². The number of benzene rings is 1. The third-order valence-corrected chi connectivity index (χ3v) is 3.76. The van der Waals surface area contributed by atoms with Crippen molar-refractivity contribution in [1.29, 1.82) is 0 Å². The van der Waals surface area contributed by atoms with Crippen molar-refractivity contribution in [1.82, 2.24) is 15.1 Å². The lowest BCUT2D eigenvalue weighted by atomic mass is 9.98. The molecule has 0 aliphatic heterocycles. The van der Waals surface area contributed by atoms with Crippen LogP contribution in [-0.2, 0) is 13.5 Å². The lowest BCUT2D eigenvalue weighted by Gasteiger charge is -2.20. The Bertz CT molecular complexity index is 604. The van der Waals surface area contributed by atoms with Gasteiger partial charge in [0.05, 0.1) is 17.4 Å². The number of aryl methyl sites for hydroxylation is 3. The zero-order chi connectivity index (χ0) is 15.4. The van der Waals surface area contributed by atoms with Gasteiger partial charge in [-0.2, -0.15) is 5.10 Å². The minimum atomic E-state index is -0.175. The van der Waals surface area contributed by atoms with Crippen LogP contribution >= 0.6 is 0 Å². The van der Waals surface area contributed by atoms with Crippen molar-refractivity contribution >= 4 is 0 Å². The molecule has 0 fully saturated rings. The predicted molar refractivity (Wildman–Crippen MR) is 83.8 cm³/mol. The van der Waals surface area contributed by atoms with Gasteiger partial charge in [0.1, 0.15) is 5.82 Å². The van der Waals surface area contributed by atoms with Gasteiger partial charge in [-0.15, -0.1) is 0 Å². The van der Waals surface area contributed by atoms with Crippen LogP contribution in [0.2, 0.25) is 0 Å². The van der Waals surface area contributed by atoms with E-state index in [0.717, 1.165) is 30.6 Å². The maximum Gasteiger partial charge on any atom is 0.123 e. The number of nitrogens with zero attached hydrogens (tertiary/aromatic N) is 2. The second kappa shape index (κ2) is 6.85. The first-order valence-corrected chi connectivity index (χ1v) is 7.50. The molecule has 1 unspecified atom stereocenters. The summed E-state index contributed by atoms with van der Waals surface area (Å²) in [5, 5.41) is 8.01. The first-order chi connectivity index (χ1) is 10.0. The maximum absolute atomic E-state index is 13.2. The van der Waals surface area contributed by atoms with Crippen LogP contribution in [0.3, 0.4) is 0 Å². The average molecular weight is 289 g/mol. The molecule has 0 spiro atoms. The lowest BCUT2D eigenvalue weighted by Crippen LogP contribution is -2.26. The van der Waals surface area contributed by atoms with E-state index in [9.17, 15) is 4.39 Å². The minimum absolute atomic E-state index is 0.175. The van der Waals surface area contributed by atoms with Crippen molar-refractivity contribution in [3.05, 3.63) is 52.6 Å². The van der Waals surface area contributed by atoms with Crippen molar-refractivity contribution in [3.8, 4) is 0 Å². The predicted octanol–water partition coefficient (Wildman–Crippen LogP) is 3.46. The monoisotopic (exact) mass is 289 g/mol. The standard InChI is InChI=1S/C17H24FN3/c1-5-8-19-16(17-10-13(3)20-21(17)4)11-14-6-7-15(18)9-12(14)2/h6-7,9-10,16,19H,5,8,11H2,1-4H3. The summed E-state index contributed by atoms with van der Waals surface area (Å²) in [5.74, 6) is -0.175. The van der Waals surface area contributed by atoms with Crippen molar-refractivity contribution < 1.29 is 4.39 Å². The van der Waals surface area contributed by atoms with Crippen molar-refractivity contribution in [3.63, 3.8) is 0 Å². The molecule has 2 rings (SSSR count). The van der Waals surface area contributed by atoms with Crippen molar-refractivity contribution in [2.45, 2.75) is 39.7 Å². The van der Waals surface area contributed by atoms with Gasteiger partial charge in [-0.1, -0.05) is 13.0 Å². The van der Waals surface area contributed by atoms with Gasteiger partial charge in [-0.25, -0.2) is 4.39 Å². The second-order valence-electron chi connectivity index (χ2n) is 5.62. The molecular weight excluding hydrogens is 265 g/mol. The van der Waals surface area contributed by atoms with Gasteiger partial charge in [-0.05, 0) is 62.6 Å². The van der Waals surface area contributed by atoms with Crippen LogP contribution in [0.4, 0.5) is 4.39 Å². The number of hydrogen-bond donors (Lipinski definition) is 1. The molecule has 0 aliphatic rings. The first-order valence-electron chi connectivity index (χ1n) is 7.50. The van der Waals surface area contributed by atoms with E-state index < -0.39 is 0 Å². The van der Waals surface area contributed by atoms with Crippen LogP contribution < -0.4 is 5.32 Å². The van der Waals surface area contributed by atoms with Gasteiger partial charge in [0, 0.05) is 7.05 Å². The molecule has 0 saturated heterocycles. The largest absolute Gasteiger partial charge is 0.308 e. The molecule has 1 aromatic carbocycles. The van der Waals surface area contributed by atoms with Crippen LogP contribution in [0.15, 0.2) is 24.3 Å². The van der Waals surface area contributed by atoms with Crippen molar-refractivity contribution in [2.75, 3.05) is 6.54 Å². The Balaban J connectivity index is 2.26. The molecule has 1 heterocycles. The number of halogens is 1. The molecule has 1 atom stereocenters. The molecular formula is C17H24FN3. The van der Waals surface area contributed by atoms with Crippen LogP contribution in [0, 0.1) is 19.7 Å². The average Bonchev–Trinajstić information content (AvgIpc) is 2.76. The SMILES string of the molecule is CCCNC(Cc1ccc(F)cc1C)c1cc(C)nn1C. The summed E-state index contributed by atoms with van der Waals surface area (Å²) in [5.41, 5.74) is 4.36. The summed E-state index contributed by atoms with van der Waals surface area (Å²) in [6.07, 6.45) is 1.92. The Hall–Kier alpha value is -1.68. The normalized spacial score (nSPS) is 12.6. The van der Waals surface area contributed by atoms with E-state index in [0.29, 0.717) is 0 Å². The fourth-order valence-electron chi connectivity index (χ4n) is 2.66. The van der Waals surface area contributed by atoms with Gasteiger partial charge < -0.3 is 5.32 Å². The van der Waals surface area contributed by atoms with Gasteiger partial charge in [-0.3, -0.25) is 4.68 Å². The molecule has 0 radical (unpaired) electrons. The highest BCUT2D eigenvalue weighted by Gasteiger charge is 2.17. The van der Waals surface area contributed by atoms with E-state index in [2.05, 4.69) is 23.4 Å². The van der Waals surface area contributed by atoms with Gasteiger partial charge >= 0.3 is 0 Å². The number of rotatable bonds is 6. The topological polar surface area (TPSA) is 29.9 Å². The Morgan fingerprint density at radius 1 is 1.29 bits per heavy atom. The quantitative estimate of drug-likeness (QED) is 0.882. The Kier molecular flexibility index (Phi) is 5.12. The Morgan fingerprint density at radius 2 is 2.05 bits per heavy atom. The molecule has 1 aromatic heterocycles. The van der Waals surface area contributed by atoms with Crippen molar-refractivity contribution in [2.24, 2.45) is 7.05 Å². The maximum atomic E-state index is 13.2. The van der Waals surface area contributed by atoms with Crippen LogP contribution in [-0.4, -0.2) is 16.3 Å². The smallest absolute Gasteiger partial charge is 0.123 e. The number of hydrogen-bond acceptors (Lipinski definition) is 2. The van der Waals surface area contributed by atoms with Crippen LogP contribution in [0.25, 0.3) is 0 Å². The van der Waals surface area contributed by atoms with Gasteiger partial charge in [0.25, 0.3) is 0 Å². The van der Waals surface area contributed by atoms with E-state index in [1.54, 1.807) is 6.07 Å². The molecule has 4 heteroatoms. The first kappa shape index (κ1) is 15.7. The fraction of sp³-hybridized carbons (Fsp3) is 0.471. The summed E-state index contributed by atoms with van der Waals surface area (Å²) in [4.78, 5) is 0. The molecule has 3 nitrogen and oxygen atoms in total. The summed E-state index contributed by atoms with van der Waals surface area (Å²) in [6.45, 7) is 7.07. The Labute approximate surface area is 126 Å². The highest BCUT2D eigenvalue weighted by atomic mass is 19.1. The fourth-order valence-corrected chi connectivity index (χ4v) is 2.66. The molecule has 21 heavy (non-hydrogen) atoms. The third kappa shape index (κ3) is 3.91. The third-order valence-electron chi connectivity index (χ3n) is 3.76. The summed E-state index contributed by atoms with van der Waals surface area (Å²) >= 11 is 0. The number of aromatic nitrogens is 2. The molecule has 1 N–H and O–H groups in total. The zero-order valence-corrected chi connectivity index (χ0v) is 13.3. The van der Waals surface area contributed by atoms with Crippen LogP contribution in [0.1, 0.15) is 41.9 Å². The highest BCUT2D eigenvalue weighted by Crippen LogP contribution is 2.21. The summed E-state index contributed by atoms with van der Waals surface area (Å²) in [7, 11) is 1.97. The highest BCUT2D eigenvalue weighted by molar-refractivity contribution is 5.29. The number of nitrogens with one attached hydrogen (secondary N) is 1. The zero-order valence-electron chi connectivity index (χ0n) is 13.3. The van der Waals surface area contributed by atoms with E-state index in [-0.39, 0.29) is 11.9 Å². The summed E-state index contributed by atoms with van der Waals surface area (Å²) in [6, 6.07) is 7.33. The van der Waals surface area contributed by atoms with E-state index in [4.69, 9.17) is 0 Å². The molecule has 0 saturated carbocycles. The molecule has 0 aliphatic carbocycles. The van der Waals surface area contributed by atoms with Gasteiger partial charge in [0.2, 0.25) is 0 Å². The summed E-state index contributed by atoms with van der Waals surface area (Å²) < 4.78 is 15.2. The van der Waals surface area contributed by atoms with Gasteiger partial charge in [0.15, 0.2) is 0 Å².